The van der Waals surface area contributed by atoms with Crippen molar-refractivity contribution in [2.75, 3.05) is 7.11 Å². The molecule has 114 valence electrons. The summed E-state index contributed by atoms with van der Waals surface area (Å²) in [4.78, 5) is 0. The van der Waals surface area contributed by atoms with Crippen LogP contribution in [0.5, 0.6) is 11.5 Å². The molecule has 1 aromatic heterocycles. The molecular weight excluding hydrogens is 274 g/mol. The van der Waals surface area contributed by atoms with Crippen LogP contribution in [0.3, 0.4) is 0 Å². The molecule has 2 aromatic carbocycles. The lowest BCUT2D eigenvalue weighted by Crippen LogP contribution is -1.97. The third-order valence-corrected chi connectivity index (χ3v) is 3.98. The van der Waals surface area contributed by atoms with E-state index in [1.54, 1.807) is 7.11 Å². The van der Waals surface area contributed by atoms with Crippen molar-refractivity contribution in [1.29, 1.82) is 0 Å². The Morgan fingerprint density at radius 3 is 2.50 bits per heavy atom. The van der Waals surface area contributed by atoms with Gasteiger partial charge in [0.1, 0.15) is 6.61 Å². The number of aryl methyl sites for hydroxylation is 2. The van der Waals surface area contributed by atoms with Crippen molar-refractivity contribution in [3.05, 3.63) is 59.8 Å². The van der Waals surface area contributed by atoms with Gasteiger partial charge in [0.2, 0.25) is 0 Å². The van der Waals surface area contributed by atoms with E-state index in [9.17, 15) is 0 Å². The predicted octanol–water partition coefficient (Wildman–Crippen LogP) is 4.56. The zero-order chi connectivity index (χ0) is 15.5. The molecule has 0 atom stereocenters. The zero-order valence-electron chi connectivity index (χ0n) is 13.3. The molecule has 0 radical (unpaired) electrons. The average molecular weight is 295 g/mol. The summed E-state index contributed by atoms with van der Waals surface area (Å²) in [6, 6.07) is 14.2. The van der Waals surface area contributed by atoms with Crippen LogP contribution in [-0.4, -0.2) is 11.7 Å². The van der Waals surface area contributed by atoms with E-state index in [0.717, 1.165) is 18.0 Å². The highest BCUT2D eigenvalue weighted by Gasteiger charge is 2.11. The minimum atomic E-state index is 0.535. The van der Waals surface area contributed by atoms with Crippen molar-refractivity contribution in [1.82, 2.24) is 4.57 Å². The predicted molar refractivity (Wildman–Crippen MR) is 89.7 cm³/mol. The van der Waals surface area contributed by atoms with E-state index in [-0.39, 0.29) is 0 Å². The monoisotopic (exact) mass is 295 g/mol. The fourth-order valence-electron chi connectivity index (χ4n) is 2.88. The Balaban J connectivity index is 1.93. The first-order chi connectivity index (χ1) is 10.7. The second-order valence-electron chi connectivity index (χ2n) is 5.35. The molecule has 0 spiro atoms. The number of fused-ring (bicyclic) bond motifs is 1. The number of nitrogens with zero attached hydrogens (tertiary/aromatic N) is 1. The first-order valence-electron chi connectivity index (χ1n) is 7.57. The molecule has 0 aliphatic rings. The van der Waals surface area contributed by atoms with Crippen LogP contribution in [0.1, 0.15) is 18.1 Å². The standard InChI is InChI=1S/C19H21NO2/c1-4-20-12-15(16-9-7-8-14(2)19(16)20)13-22-18-11-6-5-10-17(18)21-3/h5-12H,4,13H2,1-3H3. The summed E-state index contributed by atoms with van der Waals surface area (Å²) in [6.07, 6.45) is 2.19. The molecular formula is C19H21NO2. The molecule has 0 saturated carbocycles. The fraction of sp³-hybridized carbons (Fsp3) is 0.263. The van der Waals surface area contributed by atoms with Crippen LogP contribution >= 0.6 is 0 Å². The normalized spacial score (nSPS) is 10.9. The van der Waals surface area contributed by atoms with E-state index in [1.165, 1.54) is 22.0 Å². The van der Waals surface area contributed by atoms with Crippen LogP contribution in [0, 0.1) is 6.92 Å². The van der Waals surface area contributed by atoms with Crippen molar-refractivity contribution in [3.8, 4) is 11.5 Å². The molecule has 3 rings (SSSR count). The molecule has 3 aromatic rings. The largest absolute Gasteiger partial charge is 0.493 e. The number of benzene rings is 2. The Bertz CT molecular complexity index is 789. The third kappa shape index (κ3) is 2.54. The van der Waals surface area contributed by atoms with Gasteiger partial charge in [0.25, 0.3) is 0 Å². The maximum atomic E-state index is 5.98. The Kier molecular flexibility index (Phi) is 4.05. The number of hydrogen-bond donors (Lipinski definition) is 0. The van der Waals surface area contributed by atoms with Crippen LogP contribution in [0.2, 0.25) is 0 Å². The van der Waals surface area contributed by atoms with E-state index in [1.807, 2.05) is 24.3 Å². The molecule has 0 bridgehead atoms. The summed E-state index contributed by atoms with van der Waals surface area (Å²) in [5.41, 5.74) is 3.79. The number of aromatic nitrogens is 1. The van der Waals surface area contributed by atoms with Gasteiger partial charge in [-0.15, -0.1) is 0 Å². The Morgan fingerprint density at radius 2 is 1.77 bits per heavy atom. The minimum Gasteiger partial charge on any atom is -0.493 e. The van der Waals surface area contributed by atoms with Crippen LogP contribution in [0.15, 0.2) is 48.7 Å². The van der Waals surface area contributed by atoms with Crippen molar-refractivity contribution >= 4 is 10.9 Å². The molecule has 0 saturated heterocycles. The minimum absolute atomic E-state index is 0.535. The molecule has 0 aliphatic carbocycles. The highest BCUT2D eigenvalue weighted by atomic mass is 16.5. The van der Waals surface area contributed by atoms with Gasteiger partial charge in [0.05, 0.1) is 12.6 Å². The SMILES string of the molecule is CCn1cc(COc2ccccc2OC)c2cccc(C)c21. The van der Waals surface area contributed by atoms with Crippen molar-refractivity contribution in [3.63, 3.8) is 0 Å². The molecule has 0 amide bonds. The number of rotatable bonds is 5. The molecule has 0 N–H and O–H groups in total. The van der Waals surface area contributed by atoms with Gasteiger partial charge in [-0.3, -0.25) is 0 Å². The maximum Gasteiger partial charge on any atom is 0.161 e. The first-order valence-corrected chi connectivity index (χ1v) is 7.57. The van der Waals surface area contributed by atoms with Gasteiger partial charge in [-0.25, -0.2) is 0 Å². The summed E-state index contributed by atoms with van der Waals surface area (Å²) < 4.78 is 13.6. The zero-order valence-corrected chi connectivity index (χ0v) is 13.3. The van der Waals surface area contributed by atoms with Crippen LogP contribution in [-0.2, 0) is 13.2 Å². The number of para-hydroxylation sites is 3. The van der Waals surface area contributed by atoms with Crippen molar-refractivity contribution in [2.45, 2.75) is 27.0 Å². The Labute approximate surface area is 131 Å². The molecule has 0 unspecified atom stereocenters. The molecule has 22 heavy (non-hydrogen) atoms. The molecule has 0 fully saturated rings. The number of ether oxygens (including phenoxy) is 2. The molecule has 3 nitrogen and oxygen atoms in total. The summed E-state index contributed by atoms with van der Waals surface area (Å²) in [5.74, 6) is 1.54. The topological polar surface area (TPSA) is 23.4 Å². The van der Waals surface area contributed by atoms with Gasteiger partial charge >= 0.3 is 0 Å². The van der Waals surface area contributed by atoms with Gasteiger partial charge in [0, 0.05) is 23.7 Å². The van der Waals surface area contributed by atoms with Crippen molar-refractivity contribution in [2.24, 2.45) is 0 Å². The maximum absolute atomic E-state index is 5.98. The van der Waals surface area contributed by atoms with E-state index in [2.05, 4.69) is 42.8 Å². The number of methoxy groups -OCH3 is 1. The average Bonchev–Trinajstić information content (AvgIpc) is 2.92. The van der Waals surface area contributed by atoms with Crippen LogP contribution in [0.25, 0.3) is 10.9 Å². The summed E-state index contributed by atoms with van der Waals surface area (Å²) in [7, 11) is 1.66. The van der Waals surface area contributed by atoms with Crippen molar-refractivity contribution < 1.29 is 9.47 Å². The number of hydrogen-bond acceptors (Lipinski definition) is 2. The van der Waals surface area contributed by atoms with E-state index >= 15 is 0 Å². The van der Waals surface area contributed by atoms with Gasteiger partial charge in [-0.2, -0.15) is 0 Å². The molecule has 3 heteroatoms. The Morgan fingerprint density at radius 1 is 1.00 bits per heavy atom. The van der Waals surface area contributed by atoms with E-state index in [4.69, 9.17) is 9.47 Å². The third-order valence-electron chi connectivity index (χ3n) is 3.98. The van der Waals surface area contributed by atoms with Gasteiger partial charge in [-0.05, 0) is 31.5 Å². The van der Waals surface area contributed by atoms with Gasteiger partial charge in [-0.1, -0.05) is 30.3 Å². The van der Waals surface area contributed by atoms with Crippen LogP contribution in [0.4, 0.5) is 0 Å². The lowest BCUT2D eigenvalue weighted by atomic mass is 10.1. The van der Waals surface area contributed by atoms with Gasteiger partial charge < -0.3 is 14.0 Å². The second-order valence-corrected chi connectivity index (χ2v) is 5.35. The molecule has 1 heterocycles. The van der Waals surface area contributed by atoms with E-state index < -0.39 is 0 Å². The first kappa shape index (κ1) is 14.5. The van der Waals surface area contributed by atoms with Crippen LogP contribution < -0.4 is 9.47 Å². The quantitative estimate of drug-likeness (QED) is 0.689. The smallest absolute Gasteiger partial charge is 0.161 e. The highest BCUT2D eigenvalue weighted by molar-refractivity contribution is 5.86. The summed E-state index contributed by atoms with van der Waals surface area (Å²) in [6.45, 7) is 5.80. The Hall–Kier alpha value is -2.42. The lowest BCUT2D eigenvalue weighted by molar-refractivity contribution is 0.285. The second kappa shape index (κ2) is 6.14. The fourth-order valence-corrected chi connectivity index (χ4v) is 2.88. The highest BCUT2D eigenvalue weighted by Crippen LogP contribution is 2.29. The summed E-state index contributed by atoms with van der Waals surface area (Å²) >= 11 is 0. The molecule has 0 aliphatic heterocycles. The van der Waals surface area contributed by atoms with Gasteiger partial charge in [0.15, 0.2) is 11.5 Å². The lowest BCUT2D eigenvalue weighted by Gasteiger charge is -2.09. The van der Waals surface area contributed by atoms with E-state index in [0.29, 0.717) is 6.61 Å². The summed E-state index contributed by atoms with van der Waals surface area (Å²) in [5, 5.41) is 1.26.